The van der Waals surface area contributed by atoms with Gasteiger partial charge in [-0.3, -0.25) is 9.69 Å². The van der Waals surface area contributed by atoms with Crippen LogP contribution in [0, 0.1) is 0 Å². The Labute approximate surface area is 89.9 Å². The number of carboxylic acid groups (broad SMARTS) is 1. The molecular weight excluding hydrogens is 198 g/mol. The van der Waals surface area contributed by atoms with Crippen molar-refractivity contribution >= 4 is 17.7 Å². The van der Waals surface area contributed by atoms with E-state index in [0.29, 0.717) is 6.04 Å². The maximum atomic E-state index is 10.7. The first kappa shape index (κ1) is 11.9. The van der Waals surface area contributed by atoms with Gasteiger partial charge in [-0.25, -0.2) is 0 Å². The van der Waals surface area contributed by atoms with Gasteiger partial charge in [-0.05, 0) is 33.1 Å². The van der Waals surface area contributed by atoms with Crippen LogP contribution in [0.25, 0.3) is 0 Å². The number of carboxylic acids is 1. The lowest BCUT2D eigenvalue weighted by Gasteiger charge is -2.38. The summed E-state index contributed by atoms with van der Waals surface area (Å²) >= 11 is 1.96. The molecule has 0 aliphatic carbocycles. The molecular formula is C10H19NO2S. The monoisotopic (exact) mass is 217 g/mol. The fourth-order valence-electron chi connectivity index (χ4n) is 1.82. The third kappa shape index (κ3) is 2.89. The molecule has 0 aromatic heterocycles. The lowest BCUT2D eigenvalue weighted by Crippen LogP contribution is -2.48. The second-order valence-electron chi connectivity index (χ2n) is 4.51. The summed E-state index contributed by atoms with van der Waals surface area (Å²) < 4.78 is 0. The van der Waals surface area contributed by atoms with E-state index in [-0.39, 0.29) is 12.0 Å². The fourth-order valence-corrected chi connectivity index (χ4v) is 3.08. The van der Waals surface area contributed by atoms with E-state index in [0.717, 1.165) is 5.75 Å². The lowest BCUT2D eigenvalue weighted by molar-refractivity contribution is -0.140. The van der Waals surface area contributed by atoms with Crippen LogP contribution >= 0.6 is 11.8 Å². The second-order valence-corrected chi connectivity index (χ2v) is 5.66. The van der Waals surface area contributed by atoms with Gasteiger partial charge in [0.15, 0.2) is 0 Å². The van der Waals surface area contributed by atoms with Crippen molar-refractivity contribution in [3.8, 4) is 0 Å². The maximum absolute atomic E-state index is 10.7. The minimum absolute atomic E-state index is 0.213. The Balaban J connectivity index is 2.55. The molecule has 0 saturated carbocycles. The van der Waals surface area contributed by atoms with E-state index in [1.165, 1.54) is 12.2 Å². The molecule has 1 saturated heterocycles. The molecule has 1 aliphatic heterocycles. The Morgan fingerprint density at radius 3 is 2.71 bits per heavy atom. The summed E-state index contributed by atoms with van der Waals surface area (Å²) in [6, 6.07) is 0.550. The smallest absolute Gasteiger partial charge is 0.305 e. The van der Waals surface area contributed by atoms with Gasteiger partial charge >= 0.3 is 5.97 Å². The van der Waals surface area contributed by atoms with Gasteiger partial charge in [0.1, 0.15) is 0 Å². The van der Waals surface area contributed by atoms with Gasteiger partial charge < -0.3 is 5.11 Å². The van der Waals surface area contributed by atoms with Crippen molar-refractivity contribution in [1.29, 1.82) is 0 Å². The topological polar surface area (TPSA) is 40.5 Å². The van der Waals surface area contributed by atoms with Gasteiger partial charge in [0.05, 0.1) is 6.42 Å². The van der Waals surface area contributed by atoms with Crippen LogP contribution in [-0.4, -0.2) is 46.1 Å². The molecule has 1 N–H and O–H groups in total. The van der Waals surface area contributed by atoms with Crippen LogP contribution in [-0.2, 0) is 4.79 Å². The van der Waals surface area contributed by atoms with Crippen molar-refractivity contribution in [3.63, 3.8) is 0 Å². The molecule has 0 aromatic rings. The van der Waals surface area contributed by atoms with Gasteiger partial charge in [0, 0.05) is 17.3 Å². The number of thioether (sulfide) groups is 1. The summed E-state index contributed by atoms with van der Waals surface area (Å²) in [5.41, 5.74) is -0.235. The molecule has 1 unspecified atom stereocenters. The SMILES string of the molecule is CN(C1CCSC1)C(C)(C)CC(=O)O. The highest BCUT2D eigenvalue weighted by atomic mass is 32.2. The largest absolute Gasteiger partial charge is 0.481 e. The fraction of sp³-hybridized carbons (Fsp3) is 0.900. The lowest BCUT2D eigenvalue weighted by atomic mass is 9.96. The van der Waals surface area contributed by atoms with Crippen molar-refractivity contribution < 1.29 is 9.90 Å². The summed E-state index contributed by atoms with van der Waals surface area (Å²) in [5.74, 6) is 1.63. The van der Waals surface area contributed by atoms with Crippen LogP contribution in [0.2, 0.25) is 0 Å². The van der Waals surface area contributed by atoms with Crippen molar-refractivity contribution in [2.24, 2.45) is 0 Å². The van der Waals surface area contributed by atoms with Gasteiger partial charge in [0.2, 0.25) is 0 Å². The highest BCUT2D eigenvalue weighted by molar-refractivity contribution is 7.99. The molecule has 0 aromatic carbocycles. The van der Waals surface area contributed by atoms with Crippen LogP contribution in [0.3, 0.4) is 0 Å². The van der Waals surface area contributed by atoms with Gasteiger partial charge in [0.25, 0.3) is 0 Å². The number of aliphatic carboxylic acids is 1. The summed E-state index contributed by atoms with van der Waals surface area (Å²) in [6.07, 6.45) is 1.40. The van der Waals surface area contributed by atoms with Gasteiger partial charge in [-0.2, -0.15) is 11.8 Å². The van der Waals surface area contributed by atoms with E-state index < -0.39 is 5.97 Å². The van der Waals surface area contributed by atoms with E-state index in [1.807, 2.05) is 32.7 Å². The minimum Gasteiger partial charge on any atom is -0.481 e. The summed E-state index contributed by atoms with van der Waals surface area (Å²) in [4.78, 5) is 12.9. The molecule has 14 heavy (non-hydrogen) atoms. The summed E-state index contributed by atoms with van der Waals surface area (Å²) in [7, 11) is 2.04. The van der Waals surface area contributed by atoms with Crippen molar-refractivity contribution in [1.82, 2.24) is 4.90 Å². The third-order valence-electron chi connectivity index (χ3n) is 2.99. The molecule has 1 aliphatic rings. The molecule has 1 fully saturated rings. The predicted molar refractivity (Wildman–Crippen MR) is 59.8 cm³/mol. The third-order valence-corrected chi connectivity index (χ3v) is 4.14. The standard InChI is InChI=1S/C10H19NO2S/c1-10(2,6-9(12)13)11(3)8-4-5-14-7-8/h8H,4-7H2,1-3H3,(H,12,13). The van der Waals surface area contributed by atoms with Crippen molar-refractivity contribution in [2.45, 2.75) is 38.3 Å². The number of hydrogen-bond acceptors (Lipinski definition) is 3. The second kappa shape index (κ2) is 4.53. The summed E-state index contributed by atoms with van der Waals surface area (Å²) in [5, 5.41) is 8.81. The van der Waals surface area contributed by atoms with Crippen LogP contribution in [0.1, 0.15) is 26.7 Å². The zero-order valence-corrected chi connectivity index (χ0v) is 9.93. The first-order valence-corrected chi connectivity index (χ1v) is 6.11. The van der Waals surface area contributed by atoms with E-state index in [2.05, 4.69) is 4.90 Å². The quantitative estimate of drug-likeness (QED) is 0.778. The van der Waals surface area contributed by atoms with Crippen LogP contribution in [0.4, 0.5) is 0 Å². The van der Waals surface area contributed by atoms with Crippen LogP contribution in [0.5, 0.6) is 0 Å². The van der Waals surface area contributed by atoms with E-state index in [1.54, 1.807) is 0 Å². The van der Waals surface area contributed by atoms with Gasteiger partial charge in [-0.1, -0.05) is 0 Å². The Morgan fingerprint density at radius 2 is 2.29 bits per heavy atom. The highest BCUT2D eigenvalue weighted by Crippen LogP contribution is 2.28. The minimum atomic E-state index is -0.715. The number of carbonyl (C=O) groups is 1. The van der Waals surface area contributed by atoms with Gasteiger partial charge in [-0.15, -0.1) is 0 Å². The van der Waals surface area contributed by atoms with Crippen molar-refractivity contribution in [3.05, 3.63) is 0 Å². The Bertz CT molecular complexity index is 212. The Morgan fingerprint density at radius 1 is 1.64 bits per heavy atom. The molecule has 0 radical (unpaired) electrons. The molecule has 1 atom stereocenters. The number of nitrogens with zero attached hydrogens (tertiary/aromatic N) is 1. The molecule has 0 amide bonds. The molecule has 4 heteroatoms. The summed E-state index contributed by atoms with van der Waals surface area (Å²) in [6.45, 7) is 4.01. The molecule has 82 valence electrons. The van der Waals surface area contributed by atoms with Crippen LogP contribution in [0.15, 0.2) is 0 Å². The average Bonchev–Trinajstić information content (AvgIpc) is 2.51. The number of hydrogen-bond donors (Lipinski definition) is 1. The predicted octanol–water partition coefficient (Wildman–Crippen LogP) is 1.68. The molecule has 0 bridgehead atoms. The normalized spacial score (nSPS) is 23.0. The molecule has 3 nitrogen and oxygen atoms in total. The maximum Gasteiger partial charge on any atom is 0.305 e. The molecule has 0 spiro atoms. The van der Waals surface area contributed by atoms with E-state index >= 15 is 0 Å². The average molecular weight is 217 g/mol. The van der Waals surface area contributed by atoms with E-state index in [4.69, 9.17) is 5.11 Å². The van der Waals surface area contributed by atoms with Crippen molar-refractivity contribution in [2.75, 3.05) is 18.6 Å². The number of rotatable bonds is 4. The van der Waals surface area contributed by atoms with E-state index in [9.17, 15) is 4.79 Å². The first-order chi connectivity index (χ1) is 6.43. The van der Waals surface area contributed by atoms with Crippen LogP contribution < -0.4 is 0 Å². The first-order valence-electron chi connectivity index (χ1n) is 4.96. The Kier molecular flexibility index (Phi) is 3.84. The highest BCUT2D eigenvalue weighted by Gasteiger charge is 2.33. The Hall–Kier alpha value is -0.220. The zero-order valence-electron chi connectivity index (χ0n) is 9.12. The zero-order chi connectivity index (χ0) is 10.8. The molecule has 1 rings (SSSR count). The molecule has 1 heterocycles.